The van der Waals surface area contributed by atoms with E-state index in [0.717, 1.165) is 11.2 Å². The van der Waals surface area contributed by atoms with E-state index >= 15 is 0 Å². The second kappa shape index (κ2) is 7.06. The van der Waals surface area contributed by atoms with Crippen molar-refractivity contribution in [2.24, 2.45) is 7.05 Å². The van der Waals surface area contributed by atoms with Crippen LogP contribution in [0.3, 0.4) is 0 Å². The minimum absolute atomic E-state index is 0.652. The summed E-state index contributed by atoms with van der Waals surface area (Å²) in [6.07, 6.45) is 0. The van der Waals surface area contributed by atoms with Crippen molar-refractivity contribution in [2.45, 2.75) is 39.4 Å². The van der Waals surface area contributed by atoms with E-state index in [4.69, 9.17) is 4.42 Å². The summed E-state index contributed by atoms with van der Waals surface area (Å²) in [5, 5.41) is 5.28. The Morgan fingerprint density at radius 1 is 0.839 bits per heavy atom. The van der Waals surface area contributed by atoms with Crippen molar-refractivity contribution in [1.82, 2.24) is 0 Å². The van der Waals surface area contributed by atoms with Crippen molar-refractivity contribution in [3.05, 3.63) is 72.3 Å². The standard InChI is InChI=1S/C28H30NOSi/c1-18(2)31(5,6)26-17-24(29(4)23-13-9-7-12-22(23)26)27-19(3)15-16-21-20-11-8-10-14-25(20)30-28(21)27/h7-18H,1-6H3/q+1. The van der Waals surface area contributed by atoms with E-state index in [2.05, 4.69) is 106 Å². The highest BCUT2D eigenvalue weighted by Gasteiger charge is 2.33. The van der Waals surface area contributed by atoms with Crippen LogP contribution in [-0.4, -0.2) is 8.07 Å². The number of pyridine rings is 1. The quantitative estimate of drug-likeness (QED) is 0.228. The summed E-state index contributed by atoms with van der Waals surface area (Å²) in [5.41, 5.74) is 7.55. The number of nitrogens with zero attached hydrogens (tertiary/aromatic N) is 1. The number of benzene rings is 3. The maximum Gasteiger partial charge on any atom is 0.216 e. The Balaban J connectivity index is 1.93. The third kappa shape index (κ3) is 2.94. The Kier molecular flexibility index (Phi) is 4.56. The zero-order valence-corrected chi connectivity index (χ0v) is 20.3. The van der Waals surface area contributed by atoms with Crippen molar-refractivity contribution in [3.63, 3.8) is 0 Å². The molecule has 31 heavy (non-hydrogen) atoms. The van der Waals surface area contributed by atoms with Gasteiger partial charge in [-0.05, 0) is 35.3 Å². The third-order valence-electron chi connectivity index (χ3n) is 7.35. The first-order valence-electron chi connectivity index (χ1n) is 11.1. The maximum atomic E-state index is 6.46. The molecular formula is C28H30NOSi+. The molecule has 2 nitrogen and oxygen atoms in total. The molecule has 0 radical (unpaired) electrons. The minimum atomic E-state index is -1.67. The molecule has 0 aliphatic rings. The topological polar surface area (TPSA) is 17.0 Å². The van der Waals surface area contributed by atoms with Crippen LogP contribution in [-0.2, 0) is 7.05 Å². The Morgan fingerprint density at radius 2 is 1.52 bits per heavy atom. The number of fused-ring (bicyclic) bond motifs is 4. The van der Waals surface area contributed by atoms with Gasteiger partial charge in [0.25, 0.3) is 0 Å². The van der Waals surface area contributed by atoms with E-state index in [-0.39, 0.29) is 0 Å². The van der Waals surface area contributed by atoms with Gasteiger partial charge in [-0.2, -0.15) is 4.57 Å². The lowest BCUT2D eigenvalue weighted by atomic mass is 10.00. The fourth-order valence-electron chi connectivity index (χ4n) is 4.72. The normalized spacial score (nSPS) is 12.5. The number of aromatic nitrogens is 1. The summed E-state index contributed by atoms with van der Waals surface area (Å²) in [5.74, 6) is 0. The van der Waals surface area contributed by atoms with E-state index in [9.17, 15) is 0 Å². The van der Waals surface area contributed by atoms with Crippen molar-refractivity contribution in [2.75, 3.05) is 0 Å². The number of aryl methyl sites for hydroxylation is 2. The number of para-hydroxylation sites is 2. The van der Waals surface area contributed by atoms with Crippen LogP contribution in [0.25, 0.3) is 44.1 Å². The highest BCUT2D eigenvalue weighted by Crippen LogP contribution is 2.37. The Labute approximate surface area is 185 Å². The summed E-state index contributed by atoms with van der Waals surface area (Å²) < 4.78 is 8.80. The average molecular weight is 425 g/mol. The van der Waals surface area contributed by atoms with Gasteiger partial charge in [0.05, 0.1) is 13.6 Å². The van der Waals surface area contributed by atoms with Gasteiger partial charge in [-0.3, -0.25) is 0 Å². The largest absolute Gasteiger partial charge is 0.455 e. The first kappa shape index (κ1) is 20.0. The highest BCUT2D eigenvalue weighted by atomic mass is 28.3. The van der Waals surface area contributed by atoms with Gasteiger partial charge >= 0.3 is 0 Å². The van der Waals surface area contributed by atoms with Gasteiger partial charge in [0.1, 0.15) is 18.2 Å². The fraction of sp³-hybridized carbons (Fsp3) is 0.250. The van der Waals surface area contributed by atoms with Crippen LogP contribution in [0.15, 0.2) is 71.1 Å². The molecule has 2 heterocycles. The summed E-state index contributed by atoms with van der Waals surface area (Å²) in [7, 11) is 0.518. The molecule has 3 heteroatoms. The Hall–Kier alpha value is -2.91. The van der Waals surface area contributed by atoms with Crippen LogP contribution >= 0.6 is 0 Å². The molecule has 0 aliphatic heterocycles. The van der Waals surface area contributed by atoms with Crippen molar-refractivity contribution < 1.29 is 8.98 Å². The molecule has 0 fully saturated rings. The molecule has 2 aromatic heterocycles. The van der Waals surface area contributed by atoms with E-state index in [1.54, 1.807) is 0 Å². The third-order valence-corrected chi connectivity index (χ3v) is 12.0. The molecular weight excluding hydrogens is 394 g/mol. The molecule has 0 atom stereocenters. The van der Waals surface area contributed by atoms with Crippen LogP contribution in [0.4, 0.5) is 0 Å². The lowest BCUT2D eigenvalue weighted by Crippen LogP contribution is -2.47. The fourth-order valence-corrected chi connectivity index (χ4v) is 6.76. The molecule has 156 valence electrons. The summed E-state index contributed by atoms with van der Waals surface area (Å²) in [4.78, 5) is 0. The molecule has 0 spiro atoms. The predicted molar refractivity (Wildman–Crippen MR) is 135 cm³/mol. The van der Waals surface area contributed by atoms with Crippen LogP contribution in [0.5, 0.6) is 0 Å². The molecule has 0 bridgehead atoms. The molecule has 0 unspecified atom stereocenters. The van der Waals surface area contributed by atoms with E-state index < -0.39 is 8.07 Å². The molecule has 5 rings (SSSR count). The van der Waals surface area contributed by atoms with Crippen LogP contribution < -0.4 is 9.75 Å². The van der Waals surface area contributed by atoms with Crippen molar-refractivity contribution >= 4 is 46.1 Å². The number of rotatable bonds is 3. The summed E-state index contributed by atoms with van der Waals surface area (Å²) in [6, 6.07) is 24.1. The second-order valence-corrected chi connectivity index (χ2v) is 14.8. The zero-order chi connectivity index (χ0) is 21.9. The number of hydrogen-bond donors (Lipinski definition) is 0. The highest BCUT2D eigenvalue weighted by molar-refractivity contribution is 6.92. The van der Waals surface area contributed by atoms with E-state index in [0.29, 0.717) is 5.54 Å². The van der Waals surface area contributed by atoms with E-state index in [1.807, 2.05) is 6.07 Å². The first-order chi connectivity index (χ1) is 14.8. The van der Waals surface area contributed by atoms with Gasteiger partial charge in [0.2, 0.25) is 11.2 Å². The van der Waals surface area contributed by atoms with Gasteiger partial charge in [-0.15, -0.1) is 0 Å². The van der Waals surface area contributed by atoms with E-state index in [1.165, 1.54) is 43.7 Å². The number of furan rings is 1. The molecule has 3 aromatic carbocycles. The molecule has 0 N–H and O–H groups in total. The van der Waals surface area contributed by atoms with Crippen LogP contribution in [0.2, 0.25) is 18.6 Å². The molecule has 5 aromatic rings. The molecule has 0 saturated carbocycles. The summed E-state index contributed by atoms with van der Waals surface area (Å²) in [6.45, 7) is 11.9. The van der Waals surface area contributed by atoms with Gasteiger partial charge in [-0.25, -0.2) is 0 Å². The minimum Gasteiger partial charge on any atom is -0.455 e. The van der Waals surface area contributed by atoms with Crippen molar-refractivity contribution in [1.29, 1.82) is 0 Å². The van der Waals surface area contributed by atoms with Gasteiger partial charge in [0.15, 0.2) is 0 Å². The zero-order valence-electron chi connectivity index (χ0n) is 19.3. The van der Waals surface area contributed by atoms with Gasteiger partial charge < -0.3 is 4.42 Å². The maximum absolute atomic E-state index is 6.46. The average Bonchev–Trinajstić information content (AvgIpc) is 3.13. The lowest BCUT2D eigenvalue weighted by molar-refractivity contribution is -0.633. The summed E-state index contributed by atoms with van der Waals surface area (Å²) >= 11 is 0. The molecule has 0 saturated heterocycles. The van der Waals surface area contributed by atoms with Crippen LogP contribution in [0, 0.1) is 6.92 Å². The Bertz CT molecular complexity index is 1460. The monoisotopic (exact) mass is 424 g/mol. The van der Waals surface area contributed by atoms with Gasteiger partial charge in [-0.1, -0.05) is 69.4 Å². The number of hydrogen-bond acceptors (Lipinski definition) is 1. The smallest absolute Gasteiger partial charge is 0.216 e. The first-order valence-corrected chi connectivity index (χ1v) is 14.2. The van der Waals surface area contributed by atoms with Crippen molar-refractivity contribution in [3.8, 4) is 11.3 Å². The van der Waals surface area contributed by atoms with Crippen LogP contribution in [0.1, 0.15) is 19.4 Å². The molecule has 0 aliphatic carbocycles. The predicted octanol–water partition coefficient (Wildman–Crippen LogP) is 6.86. The molecule has 0 amide bonds. The second-order valence-electron chi connectivity index (χ2n) is 9.63. The SMILES string of the molecule is Cc1ccc2c(oc3ccccc32)c1-c1cc([Si](C)(C)C(C)C)c2ccccc2[n+]1C. The lowest BCUT2D eigenvalue weighted by Gasteiger charge is -2.28. The Morgan fingerprint density at radius 3 is 2.26 bits per heavy atom. The van der Waals surface area contributed by atoms with Gasteiger partial charge in [0, 0.05) is 28.3 Å².